The number of rotatable bonds is 8. The molecule has 4 heteroatoms. The van der Waals surface area contributed by atoms with Crippen molar-refractivity contribution in [3.63, 3.8) is 0 Å². The second-order valence-corrected chi connectivity index (χ2v) is 5.26. The van der Waals surface area contributed by atoms with E-state index in [0.29, 0.717) is 13.0 Å². The summed E-state index contributed by atoms with van der Waals surface area (Å²) >= 11 is 0. The predicted octanol–water partition coefficient (Wildman–Crippen LogP) is 3.38. The summed E-state index contributed by atoms with van der Waals surface area (Å²) in [5.74, 6) is 0.0233. The van der Waals surface area contributed by atoms with Gasteiger partial charge in [0.05, 0.1) is 6.61 Å². The molecular formula is C16H25NO3. The molecule has 0 spiro atoms. The molecule has 0 radical (unpaired) electrons. The summed E-state index contributed by atoms with van der Waals surface area (Å²) in [7, 11) is 0. The summed E-state index contributed by atoms with van der Waals surface area (Å²) < 4.78 is 5.40. The molecule has 1 aromatic carbocycles. The zero-order chi connectivity index (χ0) is 15.2. The second-order valence-electron chi connectivity index (χ2n) is 5.26. The molecule has 1 aromatic rings. The van der Waals surface area contributed by atoms with E-state index in [-0.39, 0.29) is 6.04 Å². The van der Waals surface area contributed by atoms with Gasteiger partial charge in [-0.25, -0.2) is 0 Å². The van der Waals surface area contributed by atoms with Crippen LogP contribution in [0.3, 0.4) is 0 Å². The van der Waals surface area contributed by atoms with Crippen LogP contribution in [-0.4, -0.2) is 23.2 Å². The maximum absolute atomic E-state index is 11.4. The van der Waals surface area contributed by atoms with Gasteiger partial charge < -0.3 is 9.84 Å². The standard InChI is InChI=1S/C16H25NO3/c1-5-11-16(4,15(18)19)17-12(3)13-7-9-14(10-8-13)20-6-2/h7-10,12,17H,5-6,11H2,1-4H3,(H,18,19). The van der Waals surface area contributed by atoms with E-state index in [1.165, 1.54) is 0 Å². The lowest BCUT2D eigenvalue weighted by Gasteiger charge is -2.30. The Morgan fingerprint density at radius 3 is 2.40 bits per heavy atom. The summed E-state index contributed by atoms with van der Waals surface area (Å²) in [4.78, 5) is 11.4. The summed E-state index contributed by atoms with van der Waals surface area (Å²) in [6.45, 7) is 8.29. The van der Waals surface area contributed by atoms with Crippen molar-refractivity contribution in [2.75, 3.05) is 6.61 Å². The minimum Gasteiger partial charge on any atom is -0.494 e. The van der Waals surface area contributed by atoms with Gasteiger partial charge in [-0.05, 0) is 44.9 Å². The van der Waals surface area contributed by atoms with Crippen molar-refractivity contribution in [1.82, 2.24) is 5.32 Å². The van der Waals surface area contributed by atoms with Crippen LogP contribution < -0.4 is 10.1 Å². The Hall–Kier alpha value is -1.55. The Labute approximate surface area is 121 Å². The van der Waals surface area contributed by atoms with E-state index < -0.39 is 11.5 Å². The van der Waals surface area contributed by atoms with Crippen LogP contribution in [0.2, 0.25) is 0 Å². The molecule has 112 valence electrons. The van der Waals surface area contributed by atoms with E-state index in [1.807, 2.05) is 45.0 Å². The zero-order valence-corrected chi connectivity index (χ0v) is 12.8. The van der Waals surface area contributed by atoms with Crippen LogP contribution in [0.4, 0.5) is 0 Å². The molecule has 2 unspecified atom stereocenters. The first-order chi connectivity index (χ1) is 9.42. The number of carboxylic acids is 1. The average Bonchev–Trinajstić information content (AvgIpc) is 2.40. The highest BCUT2D eigenvalue weighted by molar-refractivity contribution is 5.78. The van der Waals surface area contributed by atoms with Crippen LogP contribution in [0.15, 0.2) is 24.3 Å². The summed E-state index contributed by atoms with van der Waals surface area (Å²) in [6.07, 6.45) is 1.43. The molecular weight excluding hydrogens is 254 g/mol. The molecule has 0 amide bonds. The van der Waals surface area contributed by atoms with Crippen molar-refractivity contribution in [1.29, 1.82) is 0 Å². The number of carbonyl (C=O) groups is 1. The van der Waals surface area contributed by atoms with Gasteiger partial charge in [0.15, 0.2) is 0 Å². The van der Waals surface area contributed by atoms with Crippen molar-refractivity contribution in [2.45, 2.75) is 52.1 Å². The molecule has 0 heterocycles. The predicted molar refractivity (Wildman–Crippen MR) is 80.1 cm³/mol. The Morgan fingerprint density at radius 2 is 1.95 bits per heavy atom. The fourth-order valence-electron chi connectivity index (χ4n) is 2.32. The van der Waals surface area contributed by atoms with Crippen LogP contribution in [0.25, 0.3) is 0 Å². The van der Waals surface area contributed by atoms with Gasteiger partial charge in [0.2, 0.25) is 0 Å². The number of nitrogens with one attached hydrogen (secondary N) is 1. The molecule has 0 saturated carbocycles. The van der Waals surface area contributed by atoms with Crippen molar-refractivity contribution in [2.24, 2.45) is 0 Å². The van der Waals surface area contributed by atoms with Crippen molar-refractivity contribution >= 4 is 5.97 Å². The van der Waals surface area contributed by atoms with Crippen LogP contribution in [0.5, 0.6) is 5.75 Å². The maximum atomic E-state index is 11.4. The molecule has 1 rings (SSSR count). The molecule has 0 aromatic heterocycles. The Bertz CT molecular complexity index is 430. The number of ether oxygens (including phenoxy) is 1. The third-order valence-corrected chi connectivity index (χ3v) is 3.45. The number of carboxylic acid groups (broad SMARTS) is 1. The van der Waals surface area contributed by atoms with Gasteiger partial charge >= 0.3 is 5.97 Å². The molecule has 2 atom stereocenters. The van der Waals surface area contributed by atoms with Gasteiger partial charge in [0.25, 0.3) is 0 Å². The number of benzene rings is 1. The number of hydrogen-bond donors (Lipinski definition) is 2. The lowest BCUT2D eigenvalue weighted by Crippen LogP contribution is -2.50. The molecule has 0 saturated heterocycles. The van der Waals surface area contributed by atoms with Crippen LogP contribution >= 0.6 is 0 Å². The minimum absolute atomic E-state index is 0.0293. The molecule has 0 bridgehead atoms. The summed E-state index contributed by atoms with van der Waals surface area (Å²) in [5.41, 5.74) is 0.157. The van der Waals surface area contributed by atoms with E-state index in [0.717, 1.165) is 17.7 Å². The normalized spacial score (nSPS) is 15.4. The van der Waals surface area contributed by atoms with Gasteiger partial charge in [-0.3, -0.25) is 10.1 Å². The van der Waals surface area contributed by atoms with E-state index in [2.05, 4.69) is 5.32 Å². The fraction of sp³-hybridized carbons (Fsp3) is 0.562. The third-order valence-electron chi connectivity index (χ3n) is 3.45. The van der Waals surface area contributed by atoms with E-state index in [1.54, 1.807) is 6.92 Å². The molecule has 0 fully saturated rings. The highest BCUT2D eigenvalue weighted by Crippen LogP contribution is 2.22. The summed E-state index contributed by atoms with van der Waals surface area (Å²) in [5, 5.41) is 12.6. The van der Waals surface area contributed by atoms with E-state index in [4.69, 9.17) is 4.74 Å². The minimum atomic E-state index is -0.896. The van der Waals surface area contributed by atoms with Crippen LogP contribution in [0.1, 0.15) is 52.1 Å². The topological polar surface area (TPSA) is 58.6 Å². The van der Waals surface area contributed by atoms with Gasteiger partial charge in [-0.15, -0.1) is 0 Å². The highest BCUT2D eigenvalue weighted by Gasteiger charge is 2.33. The van der Waals surface area contributed by atoms with Crippen LogP contribution in [-0.2, 0) is 4.79 Å². The van der Waals surface area contributed by atoms with E-state index >= 15 is 0 Å². The lowest BCUT2D eigenvalue weighted by atomic mass is 9.94. The maximum Gasteiger partial charge on any atom is 0.323 e. The monoisotopic (exact) mass is 279 g/mol. The second kappa shape index (κ2) is 7.29. The first-order valence-electron chi connectivity index (χ1n) is 7.16. The molecule has 4 nitrogen and oxygen atoms in total. The van der Waals surface area contributed by atoms with Gasteiger partial charge in [0, 0.05) is 6.04 Å². The zero-order valence-electron chi connectivity index (χ0n) is 12.8. The largest absolute Gasteiger partial charge is 0.494 e. The lowest BCUT2D eigenvalue weighted by molar-refractivity contribution is -0.144. The van der Waals surface area contributed by atoms with Crippen molar-refractivity contribution in [3.8, 4) is 5.75 Å². The Balaban J connectivity index is 2.78. The summed E-state index contributed by atoms with van der Waals surface area (Å²) in [6, 6.07) is 7.73. The molecule has 0 aliphatic carbocycles. The fourth-order valence-corrected chi connectivity index (χ4v) is 2.32. The molecule has 20 heavy (non-hydrogen) atoms. The quantitative estimate of drug-likeness (QED) is 0.766. The first-order valence-corrected chi connectivity index (χ1v) is 7.16. The van der Waals surface area contributed by atoms with Crippen LogP contribution in [0, 0.1) is 0 Å². The number of aliphatic carboxylic acids is 1. The van der Waals surface area contributed by atoms with Gasteiger partial charge in [0.1, 0.15) is 11.3 Å². The third kappa shape index (κ3) is 4.23. The number of hydrogen-bond acceptors (Lipinski definition) is 3. The van der Waals surface area contributed by atoms with Gasteiger partial charge in [-0.2, -0.15) is 0 Å². The van der Waals surface area contributed by atoms with E-state index in [9.17, 15) is 9.90 Å². The average molecular weight is 279 g/mol. The molecule has 0 aliphatic rings. The SMILES string of the molecule is CCCC(C)(NC(C)c1ccc(OCC)cc1)C(=O)O. The van der Waals surface area contributed by atoms with Gasteiger partial charge in [-0.1, -0.05) is 25.5 Å². The Kier molecular flexibility index (Phi) is 6.02. The molecule has 2 N–H and O–H groups in total. The highest BCUT2D eigenvalue weighted by atomic mass is 16.5. The first kappa shape index (κ1) is 16.5. The molecule has 0 aliphatic heterocycles. The smallest absolute Gasteiger partial charge is 0.323 e. The van der Waals surface area contributed by atoms with Crippen molar-refractivity contribution in [3.05, 3.63) is 29.8 Å². The Morgan fingerprint density at radius 1 is 1.35 bits per heavy atom. The van der Waals surface area contributed by atoms with Crippen molar-refractivity contribution < 1.29 is 14.6 Å².